The van der Waals surface area contributed by atoms with E-state index in [1.165, 1.54) is 36.7 Å². The van der Waals surface area contributed by atoms with Crippen LogP contribution in [0.1, 0.15) is 44.1 Å². The number of ether oxygens (including phenoxy) is 1. The van der Waals surface area contributed by atoms with E-state index in [0.29, 0.717) is 12.0 Å². The van der Waals surface area contributed by atoms with Crippen molar-refractivity contribution in [3.8, 4) is 0 Å². The average Bonchev–Trinajstić information content (AvgIpc) is 2.70. The zero-order valence-corrected chi connectivity index (χ0v) is 16.2. The summed E-state index contributed by atoms with van der Waals surface area (Å²) >= 11 is 1.68. The number of carbonyl (C=O) groups is 2. The predicted molar refractivity (Wildman–Crippen MR) is 105 cm³/mol. The molecule has 0 radical (unpaired) electrons. The van der Waals surface area contributed by atoms with Crippen LogP contribution in [0.4, 0.5) is 0 Å². The number of fused-ring (bicyclic) bond motifs is 1. The molecule has 1 heterocycles. The van der Waals surface area contributed by atoms with Crippen molar-refractivity contribution in [3.05, 3.63) is 35.9 Å². The summed E-state index contributed by atoms with van der Waals surface area (Å²) in [7, 11) is 0. The molecule has 1 aliphatic heterocycles. The van der Waals surface area contributed by atoms with Gasteiger partial charge in [-0.3, -0.25) is 4.79 Å². The molecule has 26 heavy (non-hydrogen) atoms. The molecule has 1 saturated heterocycles. The number of amides is 1. The minimum Gasteiger partial charge on any atom is -0.452 e. The molecule has 1 aliphatic carbocycles. The van der Waals surface area contributed by atoms with Gasteiger partial charge in [-0.05, 0) is 61.6 Å². The van der Waals surface area contributed by atoms with Crippen molar-refractivity contribution in [1.82, 2.24) is 4.90 Å². The summed E-state index contributed by atoms with van der Waals surface area (Å²) < 4.78 is 5.18. The molecule has 1 amide bonds. The lowest BCUT2D eigenvalue weighted by molar-refractivity contribution is -0.151. The number of benzene rings is 1. The number of rotatable bonds is 5. The Morgan fingerprint density at radius 3 is 2.65 bits per heavy atom. The summed E-state index contributed by atoms with van der Waals surface area (Å²) in [5.74, 6) is 0.124. The van der Waals surface area contributed by atoms with Gasteiger partial charge in [-0.1, -0.05) is 25.0 Å². The van der Waals surface area contributed by atoms with E-state index in [2.05, 4.69) is 0 Å². The van der Waals surface area contributed by atoms with Crippen LogP contribution in [-0.4, -0.2) is 42.2 Å². The van der Waals surface area contributed by atoms with Gasteiger partial charge in [0.2, 0.25) is 0 Å². The van der Waals surface area contributed by atoms with E-state index >= 15 is 0 Å². The molecule has 1 aromatic carbocycles. The monoisotopic (exact) mass is 373 g/mol. The highest BCUT2D eigenvalue weighted by Gasteiger charge is 2.35. The van der Waals surface area contributed by atoms with Gasteiger partial charge in [0.05, 0.1) is 0 Å². The topological polar surface area (TPSA) is 46.6 Å². The molecule has 2 fully saturated rings. The molecule has 0 N–H and O–H groups in total. The zero-order valence-electron chi connectivity index (χ0n) is 15.4. The lowest BCUT2D eigenvalue weighted by atomic mass is 9.78. The molecule has 2 aliphatic rings. The maximum Gasteiger partial charge on any atom is 0.331 e. The summed E-state index contributed by atoms with van der Waals surface area (Å²) in [5.41, 5.74) is 0.937. The van der Waals surface area contributed by atoms with E-state index in [0.717, 1.165) is 24.9 Å². The Balaban J connectivity index is 1.48. The molecule has 1 saturated carbocycles. The lowest BCUT2D eigenvalue weighted by Crippen LogP contribution is -2.50. The van der Waals surface area contributed by atoms with Crippen molar-refractivity contribution in [2.24, 2.45) is 5.92 Å². The summed E-state index contributed by atoms with van der Waals surface area (Å²) in [6, 6.07) is 8.29. The Bertz CT molecular complexity index is 654. The number of hydrogen-bond acceptors (Lipinski definition) is 4. The number of piperidine rings is 1. The minimum absolute atomic E-state index is 0.0485. The third-order valence-corrected chi connectivity index (χ3v) is 6.17. The molecule has 1 aromatic rings. The number of nitrogens with zero attached hydrogens (tertiary/aromatic N) is 1. The molecule has 0 unspecified atom stereocenters. The molecule has 0 bridgehead atoms. The van der Waals surface area contributed by atoms with Gasteiger partial charge >= 0.3 is 5.97 Å². The van der Waals surface area contributed by atoms with E-state index in [1.807, 2.05) is 35.4 Å². The van der Waals surface area contributed by atoms with Crippen LogP contribution in [0.3, 0.4) is 0 Å². The molecule has 3 rings (SSSR count). The van der Waals surface area contributed by atoms with Crippen molar-refractivity contribution in [1.29, 1.82) is 0 Å². The summed E-state index contributed by atoms with van der Waals surface area (Å²) in [6.45, 7) is 0.646. The molecule has 0 aromatic heterocycles. The SMILES string of the molecule is CSc1ccc(/C=C/C(=O)OCC(=O)N2CCC[C@H]3CCCC[C@H]32)cc1. The first-order valence-electron chi connectivity index (χ1n) is 9.46. The first-order valence-corrected chi connectivity index (χ1v) is 10.7. The number of esters is 1. The second kappa shape index (κ2) is 9.26. The van der Waals surface area contributed by atoms with Gasteiger partial charge in [0.1, 0.15) is 0 Å². The van der Waals surface area contributed by atoms with Crippen LogP contribution >= 0.6 is 11.8 Å². The van der Waals surface area contributed by atoms with Crippen molar-refractivity contribution in [2.75, 3.05) is 19.4 Å². The second-order valence-electron chi connectivity index (χ2n) is 7.06. The first-order chi connectivity index (χ1) is 12.7. The highest BCUT2D eigenvalue weighted by Crippen LogP contribution is 2.35. The summed E-state index contributed by atoms with van der Waals surface area (Å²) in [6.07, 6.45) is 12.2. The number of likely N-dealkylation sites (tertiary alicyclic amines) is 1. The third-order valence-electron chi connectivity index (χ3n) is 5.43. The van der Waals surface area contributed by atoms with Crippen LogP contribution in [0, 0.1) is 5.92 Å². The number of hydrogen-bond donors (Lipinski definition) is 0. The maximum atomic E-state index is 12.5. The van der Waals surface area contributed by atoms with Gasteiger partial charge in [-0.15, -0.1) is 11.8 Å². The van der Waals surface area contributed by atoms with Gasteiger partial charge in [-0.25, -0.2) is 4.79 Å². The Morgan fingerprint density at radius 1 is 1.15 bits per heavy atom. The number of carbonyl (C=O) groups excluding carboxylic acids is 2. The van der Waals surface area contributed by atoms with E-state index < -0.39 is 5.97 Å². The van der Waals surface area contributed by atoms with Crippen LogP contribution in [-0.2, 0) is 14.3 Å². The normalized spacial score (nSPS) is 22.9. The van der Waals surface area contributed by atoms with E-state index in [1.54, 1.807) is 17.8 Å². The third kappa shape index (κ3) is 4.91. The van der Waals surface area contributed by atoms with Crippen molar-refractivity contribution >= 4 is 29.7 Å². The highest BCUT2D eigenvalue weighted by atomic mass is 32.2. The maximum absolute atomic E-state index is 12.5. The molecule has 140 valence electrons. The van der Waals surface area contributed by atoms with Gasteiger partial charge in [0.25, 0.3) is 5.91 Å². The van der Waals surface area contributed by atoms with Gasteiger partial charge in [0.15, 0.2) is 6.61 Å². The van der Waals surface area contributed by atoms with Crippen molar-refractivity contribution in [3.63, 3.8) is 0 Å². The zero-order chi connectivity index (χ0) is 18.4. The van der Waals surface area contributed by atoms with E-state index in [-0.39, 0.29) is 12.5 Å². The molecule has 4 nitrogen and oxygen atoms in total. The smallest absolute Gasteiger partial charge is 0.331 e. The van der Waals surface area contributed by atoms with Crippen LogP contribution in [0.5, 0.6) is 0 Å². The summed E-state index contributed by atoms with van der Waals surface area (Å²) in [4.78, 5) is 27.6. The van der Waals surface area contributed by atoms with Crippen LogP contribution in [0.2, 0.25) is 0 Å². The second-order valence-corrected chi connectivity index (χ2v) is 7.94. The Hall–Kier alpha value is -1.75. The van der Waals surface area contributed by atoms with Gasteiger partial charge < -0.3 is 9.64 Å². The standard InChI is InChI=1S/C21H27NO3S/c1-26-18-11-8-16(9-12-18)10-13-21(24)25-15-20(23)22-14-4-6-17-5-2-3-7-19(17)22/h8-13,17,19H,2-7,14-15H2,1H3/b13-10+/t17-,19-/m1/s1. The minimum atomic E-state index is -0.468. The van der Waals surface area contributed by atoms with Crippen molar-refractivity contribution < 1.29 is 14.3 Å². The van der Waals surface area contributed by atoms with Crippen LogP contribution < -0.4 is 0 Å². The molecule has 0 spiro atoms. The quantitative estimate of drug-likeness (QED) is 0.442. The van der Waals surface area contributed by atoms with E-state index in [4.69, 9.17) is 4.74 Å². The van der Waals surface area contributed by atoms with Gasteiger partial charge in [0, 0.05) is 23.6 Å². The van der Waals surface area contributed by atoms with E-state index in [9.17, 15) is 9.59 Å². The highest BCUT2D eigenvalue weighted by molar-refractivity contribution is 7.98. The molecule has 2 atom stereocenters. The Morgan fingerprint density at radius 2 is 1.88 bits per heavy atom. The predicted octanol–water partition coefficient (Wildman–Crippen LogP) is 4.15. The molecular formula is C21H27NO3S. The fraction of sp³-hybridized carbons (Fsp3) is 0.524. The lowest BCUT2D eigenvalue weighted by Gasteiger charge is -2.44. The molecule has 5 heteroatoms. The molecular weight excluding hydrogens is 346 g/mol. The largest absolute Gasteiger partial charge is 0.452 e. The summed E-state index contributed by atoms with van der Waals surface area (Å²) in [5, 5.41) is 0. The van der Waals surface area contributed by atoms with Crippen molar-refractivity contribution in [2.45, 2.75) is 49.5 Å². The average molecular weight is 374 g/mol. The van der Waals surface area contributed by atoms with Crippen LogP contribution in [0.15, 0.2) is 35.2 Å². The van der Waals surface area contributed by atoms with Crippen LogP contribution in [0.25, 0.3) is 6.08 Å². The fourth-order valence-corrected chi connectivity index (χ4v) is 4.49. The Kier molecular flexibility index (Phi) is 6.78. The first kappa shape index (κ1) is 19.0. The van der Waals surface area contributed by atoms with Gasteiger partial charge in [-0.2, -0.15) is 0 Å². The number of thioether (sulfide) groups is 1. The fourth-order valence-electron chi connectivity index (χ4n) is 4.08. The Labute approximate surface area is 160 Å².